The van der Waals surface area contributed by atoms with Gasteiger partial charge in [0.05, 0.1) is 13.2 Å². The van der Waals surface area contributed by atoms with E-state index in [-0.39, 0.29) is 5.79 Å². The number of hydrogen-bond acceptors (Lipinski definition) is 2. The molecule has 0 saturated carbocycles. The van der Waals surface area contributed by atoms with Gasteiger partial charge in [-0.15, -0.1) is 0 Å². The van der Waals surface area contributed by atoms with Crippen molar-refractivity contribution in [2.45, 2.75) is 72.0 Å². The quantitative estimate of drug-likeness (QED) is 0.691. The summed E-state index contributed by atoms with van der Waals surface area (Å²) >= 11 is 0. The van der Waals surface area contributed by atoms with Gasteiger partial charge in [-0.3, -0.25) is 0 Å². The summed E-state index contributed by atoms with van der Waals surface area (Å²) in [5.41, 5.74) is 3.62. The molecular formula is C16H28O2. The Labute approximate surface area is 112 Å². The van der Waals surface area contributed by atoms with Gasteiger partial charge in [-0.25, -0.2) is 0 Å². The summed E-state index contributed by atoms with van der Waals surface area (Å²) in [4.78, 5) is 0. The van der Waals surface area contributed by atoms with Crippen LogP contribution < -0.4 is 0 Å². The average Bonchev–Trinajstić information content (AvgIpc) is 2.28. The molecule has 104 valence electrons. The Morgan fingerprint density at radius 1 is 1.06 bits per heavy atom. The molecular weight excluding hydrogens is 224 g/mol. The van der Waals surface area contributed by atoms with Crippen LogP contribution in [0.1, 0.15) is 66.2 Å². The smallest absolute Gasteiger partial charge is 0.165 e. The van der Waals surface area contributed by atoms with E-state index in [9.17, 15) is 0 Å². The van der Waals surface area contributed by atoms with Gasteiger partial charge in [-0.1, -0.05) is 25.0 Å². The van der Waals surface area contributed by atoms with Crippen LogP contribution in [0.3, 0.4) is 0 Å². The van der Waals surface area contributed by atoms with E-state index in [1.165, 1.54) is 19.3 Å². The largest absolute Gasteiger partial charge is 0.350 e. The van der Waals surface area contributed by atoms with Crippen LogP contribution in [0.15, 0.2) is 11.1 Å². The summed E-state index contributed by atoms with van der Waals surface area (Å²) in [5.74, 6) is -0.348. The van der Waals surface area contributed by atoms with Crippen LogP contribution in [0.25, 0.3) is 0 Å². The topological polar surface area (TPSA) is 18.5 Å². The zero-order chi connectivity index (χ0) is 13.2. The molecule has 1 fully saturated rings. The van der Waals surface area contributed by atoms with Crippen LogP contribution in [0, 0.1) is 5.41 Å². The molecule has 1 saturated heterocycles. The van der Waals surface area contributed by atoms with Crippen LogP contribution in [0.5, 0.6) is 0 Å². The first-order valence-corrected chi connectivity index (χ1v) is 7.40. The lowest BCUT2D eigenvalue weighted by Gasteiger charge is -2.38. The van der Waals surface area contributed by atoms with Gasteiger partial charge in [0.15, 0.2) is 5.79 Å². The molecule has 0 radical (unpaired) electrons. The van der Waals surface area contributed by atoms with E-state index in [0.29, 0.717) is 5.41 Å². The fourth-order valence-corrected chi connectivity index (χ4v) is 3.40. The Hall–Kier alpha value is -0.340. The maximum Gasteiger partial charge on any atom is 0.165 e. The second-order valence-electron chi connectivity index (χ2n) is 6.68. The number of rotatable bonds is 3. The average molecular weight is 252 g/mol. The number of allylic oxidation sites excluding steroid dienone is 2. The van der Waals surface area contributed by atoms with Gasteiger partial charge in [-0.2, -0.15) is 0 Å². The third kappa shape index (κ3) is 3.16. The molecule has 0 atom stereocenters. The van der Waals surface area contributed by atoms with Crippen LogP contribution in [-0.2, 0) is 9.47 Å². The van der Waals surface area contributed by atoms with Gasteiger partial charge in [0, 0.05) is 6.42 Å². The molecule has 2 nitrogen and oxygen atoms in total. The summed E-state index contributed by atoms with van der Waals surface area (Å²) in [6, 6.07) is 0. The van der Waals surface area contributed by atoms with Gasteiger partial charge in [-0.05, 0) is 51.4 Å². The number of ether oxygens (including phenoxy) is 2. The summed E-state index contributed by atoms with van der Waals surface area (Å²) in [7, 11) is 0. The zero-order valence-electron chi connectivity index (χ0n) is 12.5. The summed E-state index contributed by atoms with van der Waals surface area (Å²) in [6.45, 7) is 10.9. The van der Waals surface area contributed by atoms with E-state index >= 15 is 0 Å². The molecule has 18 heavy (non-hydrogen) atoms. The van der Waals surface area contributed by atoms with Gasteiger partial charge >= 0.3 is 0 Å². The molecule has 0 spiro atoms. The van der Waals surface area contributed by atoms with E-state index in [1.807, 2.05) is 0 Å². The predicted molar refractivity (Wildman–Crippen MR) is 74.5 cm³/mol. The van der Waals surface area contributed by atoms with Crippen molar-refractivity contribution in [1.82, 2.24) is 0 Å². The van der Waals surface area contributed by atoms with Crippen molar-refractivity contribution in [1.29, 1.82) is 0 Å². The molecule has 2 aliphatic rings. The van der Waals surface area contributed by atoms with Gasteiger partial charge < -0.3 is 9.47 Å². The summed E-state index contributed by atoms with van der Waals surface area (Å²) < 4.78 is 11.6. The van der Waals surface area contributed by atoms with Crippen molar-refractivity contribution in [3.63, 3.8) is 0 Å². The van der Waals surface area contributed by atoms with Crippen LogP contribution in [0.4, 0.5) is 0 Å². The SMILES string of the molecule is CC1=C(CCC2(C)OCCCO2)C(C)(C)CCC1. The molecule has 2 heteroatoms. The maximum atomic E-state index is 5.82. The lowest BCUT2D eigenvalue weighted by Crippen LogP contribution is -2.38. The molecule has 1 heterocycles. The minimum atomic E-state index is -0.348. The molecule has 1 aliphatic carbocycles. The first-order valence-electron chi connectivity index (χ1n) is 7.40. The first kappa shape index (κ1) is 14.1. The van der Waals surface area contributed by atoms with Crippen LogP contribution in [0.2, 0.25) is 0 Å². The third-order valence-corrected chi connectivity index (χ3v) is 4.62. The highest BCUT2D eigenvalue weighted by Crippen LogP contribution is 2.43. The Balaban J connectivity index is 2.00. The minimum Gasteiger partial charge on any atom is -0.350 e. The number of hydrogen-bond donors (Lipinski definition) is 0. The lowest BCUT2D eigenvalue weighted by molar-refractivity contribution is -0.258. The molecule has 0 bridgehead atoms. The lowest BCUT2D eigenvalue weighted by atomic mass is 9.71. The fraction of sp³-hybridized carbons (Fsp3) is 0.875. The van der Waals surface area contributed by atoms with E-state index in [1.54, 1.807) is 11.1 Å². The molecule has 0 aromatic carbocycles. The predicted octanol–water partition coefficient (Wildman–Crippen LogP) is 4.45. The fourth-order valence-electron chi connectivity index (χ4n) is 3.40. The Kier molecular flexibility index (Phi) is 4.18. The van der Waals surface area contributed by atoms with Crippen molar-refractivity contribution >= 4 is 0 Å². The van der Waals surface area contributed by atoms with Gasteiger partial charge in [0.2, 0.25) is 0 Å². The molecule has 0 amide bonds. The highest BCUT2D eigenvalue weighted by Gasteiger charge is 2.33. The molecule has 1 aliphatic heterocycles. The minimum absolute atomic E-state index is 0.348. The van der Waals surface area contributed by atoms with E-state index in [0.717, 1.165) is 32.5 Å². The van der Waals surface area contributed by atoms with Crippen molar-refractivity contribution in [2.24, 2.45) is 5.41 Å². The van der Waals surface area contributed by atoms with Crippen molar-refractivity contribution in [3.8, 4) is 0 Å². The molecule has 0 unspecified atom stereocenters. The normalized spacial score (nSPS) is 27.3. The maximum absolute atomic E-state index is 5.82. The monoisotopic (exact) mass is 252 g/mol. The standard InChI is InChI=1S/C16H28O2/c1-13-7-5-9-15(2,3)14(13)8-10-16(4)17-11-6-12-18-16/h5-12H2,1-4H3. The first-order chi connectivity index (χ1) is 8.43. The van der Waals surface area contributed by atoms with Gasteiger partial charge in [0.1, 0.15) is 0 Å². The highest BCUT2D eigenvalue weighted by atomic mass is 16.7. The Bertz CT molecular complexity index is 322. The molecule has 2 rings (SSSR count). The molecule has 0 aromatic heterocycles. The van der Waals surface area contributed by atoms with E-state index in [2.05, 4.69) is 27.7 Å². The Morgan fingerprint density at radius 2 is 1.72 bits per heavy atom. The Morgan fingerprint density at radius 3 is 2.33 bits per heavy atom. The second-order valence-corrected chi connectivity index (χ2v) is 6.68. The molecule has 0 aromatic rings. The van der Waals surface area contributed by atoms with Crippen molar-refractivity contribution in [2.75, 3.05) is 13.2 Å². The van der Waals surface area contributed by atoms with Gasteiger partial charge in [0.25, 0.3) is 0 Å². The van der Waals surface area contributed by atoms with Crippen molar-refractivity contribution < 1.29 is 9.47 Å². The highest BCUT2D eigenvalue weighted by molar-refractivity contribution is 5.22. The van der Waals surface area contributed by atoms with E-state index < -0.39 is 0 Å². The van der Waals surface area contributed by atoms with Crippen LogP contribution in [-0.4, -0.2) is 19.0 Å². The van der Waals surface area contributed by atoms with Crippen LogP contribution >= 0.6 is 0 Å². The van der Waals surface area contributed by atoms with Crippen molar-refractivity contribution in [3.05, 3.63) is 11.1 Å². The molecule has 0 N–H and O–H groups in total. The van der Waals surface area contributed by atoms with E-state index in [4.69, 9.17) is 9.47 Å². The second kappa shape index (κ2) is 5.34. The zero-order valence-corrected chi connectivity index (χ0v) is 12.5. The summed E-state index contributed by atoms with van der Waals surface area (Å²) in [6.07, 6.45) is 7.07. The summed E-state index contributed by atoms with van der Waals surface area (Å²) in [5, 5.41) is 0. The third-order valence-electron chi connectivity index (χ3n) is 4.62.